The first-order valence-electron chi connectivity index (χ1n) is 7.99. The number of nitrogens with one attached hydrogen (secondary N) is 1. The number of fused-ring (bicyclic) bond motifs is 1. The number of aromatic hydroxyl groups is 2. The van der Waals surface area contributed by atoms with Crippen LogP contribution in [-0.2, 0) is 4.79 Å². The smallest absolute Gasteiger partial charge is 0.277 e. The maximum Gasteiger partial charge on any atom is 0.277 e. The normalized spacial score (nSPS) is 11.0. The quantitative estimate of drug-likeness (QED) is 0.487. The van der Waals surface area contributed by atoms with Gasteiger partial charge in [0.25, 0.3) is 5.91 Å². The van der Waals surface area contributed by atoms with Crippen LogP contribution in [-0.4, -0.2) is 28.9 Å². The molecule has 1 amide bonds. The van der Waals surface area contributed by atoms with Gasteiger partial charge in [-0.25, -0.2) is 5.43 Å². The lowest BCUT2D eigenvalue weighted by molar-refractivity contribution is -0.123. The summed E-state index contributed by atoms with van der Waals surface area (Å²) in [6, 6.07) is 16.2. The second kappa shape index (κ2) is 7.57. The van der Waals surface area contributed by atoms with Crippen molar-refractivity contribution in [2.45, 2.75) is 6.92 Å². The molecular formula is C20H18N2O4. The van der Waals surface area contributed by atoms with Crippen LogP contribution in [0.15, 0.2) is 59.7 Å². The van der Waals surface area contributed by atoms with E-state index in [9.17, 15) is 15.0 Å². The van der Waals surface area contributed by atoms with Crippen LogP contribution in [0.3, 0.4) is 0 Å². The first-order chi connectivity index (χ1) is 12.5. The van der Waals surface area contributed by atoms with Gasteiger partial charge in [-0.1, -0.05) is 30.3 Å². The van der Waals surface area contributed by atoms with Crippen molar-refractivity contribution < 1.29 is 19.7 Å². The number of amides is 1. The number of hydrazone groups is 1. The zero-order valence-corrected chi connectivity index (χ0v) is 14.1. The number of nitrogens with zero attached hydrogens (tertiary/aromatic N) is 1. The fourth-order valence-corrected chi connectivity index (χ4v) is 2.54. The largest absolute Gasteiger partial charge is 0.508 e. The van der Waals surface area contributed by atoms with Crippen molar-refractivity contribution in [1.29, 1.82) is 0 Å². The molecule has 3 N–H and O–H groups in total. The first-order valence-corrected chi connectivity index (χ1v) is 7.99. The van der Waals surface area contributed by atoms with Gasteiger partial charge in [-0.15, -0.1) is 0 Å². The number of hydrogen-bond donors (Lipinski definition) is 3. The number of benzene rings is 3. The van der Waals surface area contributed by atoms with E-state index >= 15 is 0 Å². The Hall–Kier alpha value is -3.54. The molecule has 6 nitrogen and oxygen atoms in total. The molecule has 0 saturated carbocycles. The highest BCUT2D eigenvalue weighted by Crippen LogP contribution is 2.25. The summed E-state index contributed by atoms with van der Waals surface area (Å²) in [6.07, 6.45) is 1.32. The summed E-state index contributed by atoms with van der Waals surface area (Å²) >= 11 is 0. The molecule has 0 fully saturated rings. The average molecular weight is 350 g/mol. The van der Waals surface area contributed by atoms with Gasteiger partial charge in [0.15, 0.2) is 6.61 Å². The number of carbonyl (C=O) groups is 1. The van der Waals surface area contributed by atoms with E-state index < -0.39 is 5.91 Å². The van der Waals surface area contributed by atoms with Crippen LogP contribution >= 0.6 is 0 Å². The van der Waals surface area contributed by atoms with Gasteiger partial charge in [-0.3, -0.25) is 4.79 Å². The van der Waals surface area contributed by atoms with E-state index in [1.54, 1.807) is 13.0 Å². The highest BCUT2D eigenvalue weighted by atomic mass is 16.5. The second-order valence-corrected chi connectivity index (χ2v) is 5.79. The van der Waals surface area contributed by atoms with E-state index in [4.69, 9.17) is 4.74 Å². The highest BCUT2D eigenvalue weighted by molar-refractivity contribution is 5.87. The number of rotatable bonds is 5. The predicted molar refractivity (Wildman–Crippen MR) is 99.7 cm³/mol. The average Bonchev–Trinajstić information content (AvgIpc) is 2.62. The van der Waals surface area contributed by atoms with E-state index in [1.807, 2.05) is 36.4 Å². The van der Waals surface area contributed by atoms with E-state index in [-0.39, 0.29) is 18.1 Å². The number of aryl methyl sites for hydroxylation is 1. The number of phenols is 2. The predicted octanol–water partition coefficient (Wildman–Crippen LogP) is 3.09. The zero-order chi connectivity index (χ0) is 18.5. The van der Waals surface area contributed by atoms with Crippen molar-refractivity contribution in [1.82, 2.24) is 5.43 Å². The SMILES string of the molecule is Cc1cc(O)cc(O)c1/C=N/NC(=O)COc1ccc2ccccc2c1. The van der Waals surface area contributed by atoms with Gasteiger partial charge in [0.1, 0.15) is 17.2 Å². The lowest BCUT2D eigenvalue weighted by atomic mass is 10.1. The van der Waals surface area contributed by atoms with Crippen LogP contribution in [0, 0.1) is 6.92 Å². The standard InChI is InChI=1S/C20H18N2O4/c1-13-8-16(23)10-19(24)18(13)11-21-22-20(25)12-26-17-7-6-14-4-2-3-5-15(14)9-17/h2-11,23-24H,12H2,1H3,(H,22,25)/b21-11+. The summed E-state index contributed by atoms with van der Waals surface area (Å²) in [5.74, 6) is 0.0121. The minimum Gasteiger partial charge on any atom is -0.508 e. The molecule has 6 heteroatoms. The van der Waals surface area contributed by atoms with E-state index in [1.165, 1.54) is 18.3 Å². The summed E-state index contributed by atoms with van der Waals surface area (Å²) < 4.78 is 5.47. The Morgan fingerprint density at radius 1 is 1.12 bits per heavy atom. The number of phenolic OH excluding ortho intramolecular Hbond substituents is 2. The molecule has 0 aliphatic heterocycles. The number of carbonyl (C=O) groups excluding carboxylic acids is 1. The molecule has 0 saturated heterocycles. The van der Waals surface area contributed by atoms with Gasteiger partial charge in [-0.05, 0) is 41.5 Å². The van der Waals surface area contributed by atoms with Crippen molar-refractivity contribution in [3.8, 4) is 17.2 Å². The fraction of sp³-hybridized carbons (Fsp3) is 0.100. The van der Waals surface area contributed by atoms with Gasteiger partial charge in [0.2, 0.25) is 0 Å². The van der Waals surface area contributed by atoms with Gasteiger partial charge in [0.05, 0.1) is 6.21 Å². The van der Waals surface area contributed by atoms with Crippen LogP contribution in [0.1, 0.15) is 11.1 Å². The third kappa shape index (κ3) is 4.10. The molecule has 0 radical (unpaired) electrons. The molecule has 0 spiro atoms. The zero-order valence-electron chi connectivity index (χ0n) is 14.1. The van der Waals surface area contributed by atoms with Gasteiger partial charge >= 0.3 is 0 Å². The Morgan fingerprint density at radius 3 is 2.65 bits per heavy atom. The Kier molecular flexibility index (Phi) is 5.03. The molecule has 0 aliphatic rings. The molecule has 0 unspecified atom stereocenters. The van der Waals surface area contributed by atoms with Crippen molar-refractivity contribution in [2.75, 3.05) is 6.61 Å². The van der Waals surface area contributed by atoms with Crippen LogP contribution in [0.2, 0.25) is 0 Å². The molecule has 3 aromatic rings. The Bertz CT molecular complexity index is 959. The van der Waals surface area contributed by atoms with Gasteiger partial charge in [0, 0.05) is 11.6 Å². The van der Waals surface area contributed by atoms with E-state index in [0.717, 1.165) is 10.8 Å². The summed E-state index contributed by atoms with van der Waals surface area (Å²) in [7, 11) is 0. The lowest BCUT2D eigenvalue weighted by Gasteiger charge is -2.07. The van der Waals surface area contributed by atoms with Crippen LogP contribution in [0.5, 0.6) is 17.2 Å². The van der Waals surface area contributed by atoms with Gasteiger partial charge < -0.3 is 14.9 Å². The fourth-order valence-electron chi connectivity index (χ4n) is 2.54. The maximum atomic E-state index is 11.8. The third-order valence-electron chi connectivity index (χ3n) is 3.82. The minimum atomic E-state index is -0.426. The molecular weight excluding hydrogens is 332 g/mol. The summed E-state index contributed by atoms with van der Waals surface area (Å²) in [4.78, 5) is 11.8. The van der Waals surface area contributed by atoms with Crippen molar-refractivity contribution >= 4 is 22.9 Å². The summed E-state index contributed by atoms with van der Waals surface area (Å²) in [5.41, 5.74) is 3.39. The van der Waals surface area contributed by atoms with E-state index in [2.05, 4.69) is 10.5 Å². The number of ether oxygens (including phenoxy) is 1. The molecule has 3 aromatic carbocycles. The minimum absolute atomic E-state index is 0.0371. The van der Waals surface area contributed by atoms with Gasteiger partial charge in [-0.2, -0.15) is 5.10 Å². The molecule has 26 heavy (non-hydrogen) atoms. The molecule has 0 aromatic heterocycles. The Balaban J connectivity index is 1.57. The van der Waals surface area contributed by atoms with E-state index in [0.29, 0.717) is 16.9 Å². The van der Waals surface area contributed by atoms with Crippen molar-refractivity contribution in [3.05, 3.63) is 65.7 Å². The lowest BCUT2D eigenvalue weighted by Crippen LogP contribution is -2.24. The Labute approximate surface area is 150 Å². The first kappa shape index (κ1) is 17.3. The Morgan fingerprint density at radius 2 is 1.88 bits per heavy atom. The molecule has 0 bridgehead atoms. The molecule has 0 heterocycles. The molecule has 3 rings (SSSR count). The van der Waals surface area contributed by atoms with Crippen LogP contribution in [0.4, 0.5) is 0 Å². The van der Waals surface area contributed by atoms with Crippen LogP contribution < -0.4 is 10.2 Å². The molecule has 0 aliphatic carbocycles. The molecule has 132 valence electrons. The summed E-state index contributed by atoms with van der Waals surface area (Å²) in [6.45, 7) is 1.53. The molecule has 0 atom stereocenters. The summed E-state index contributed by atoms with van der Waals surface area (Å²) in [5, 5.41) is 25.1. The topological polar surface area (TPSA) is 91.1 Å². The maximum absolute atomic E-state index is 11.8. The number of hydrogen-bond acceptors (Lipinski definition) is 5. The highest BCUT2D eigenvalue weighted by Gasteiger charge is 2.06. The van der Waals surface area contributed by atoms with Crippen LogP contribution in [0.25, 0.3) is 10.8 Å². The van der Waals surface area contributed by atoms with Crippen molar-refractivity contribution in [2.24, 2.45) is 5.10 Å². The monoisotopic (exact) mass is 350 g/mol. The second-order valence-electron chi connectivity index (χ2n) is 5.79. The van der Waals surface area contributed by atoms with Crippen molar-refractivity contribution in [3.63, 3.8) is 0 Å². The third-order valence-corrected chi connectivity index (χ3v) is 3.82.